The van der Waals surface area contributed by atoms with Gasteiger partial charge in [0.2, 0.25) is 17.7 Å². The molecule has 12 nitrogen and oxygen atoms in total. The number of carboxylic acids is 1. The van der Waals surface area contributed by atoms with Crippen molar-refractivity contribution in [3.05, 3.63) is 95.1 Å². The number of carbonyl (C=O) groups is 5. The molecule has 0 spiro atoms. The van der Waals surface area contributed by atoms with Crippen molar-refractivity contribution in [1.29, 1.82) is 0 Å². The summed E-state index contributed by atoms with van der Waals surface area (Å²) in [4.78, 5) is 71.3. The second kappa shape index (κ2) is 20.2. The lowest BCUT2D eigenvalue weighted by Crippen LogP contribution is -2.42. The Balaban J connectivity index is 1.80. The van der Waals surface area contributed by atoms with Gasteiger partial charge < -0.3 is 34.6 Å². The number of benzene rings is 3. The van der Waals surface area contributed by atoms with E-state index in [4.69, 9.17) is 9.47 Å². The molecule has 0 radical (unpaired) electrons. The van der Waals surface area contributed by atoms with Gasteiger partial charge in [-0.25, -0.2) is 0 Å². The highest BCUT2D eigenvalue weighted by atomic mass is 16.5. The largest absolute Gasteiger partial charge is 0.497 e. The first-order valence-electron chi connectivity index (χ1n) is 18.6. The number of nitrogens with one attached hydrogen (secondary N) is 1. The molecule has 1 heterocycles. The van der Waals surface area contributed by atoms with E-state index in [1.807, 2.05) is 41.3 Å². The second-order valence-electron chi connectivity index (χ2n) is 13.8. The predicted molar refractivity (Wildman–Crippen MR) is 205 cm³/mol. The summed E-state index contributed by atoms with van der Waals surface area (Å²) in [7, 11) is 3.12. The van der Waals surface area contributed by atoms with Crippen LogP contribution in [0.3, 0.4) is 0 Å². The number of ether oxygens (including phenoxy) is 2. The van der Waals surface area contributed by atoms with Gasteiger partial charge in [0.15, 0.2) is 0 Å². The molecule has 3 unspecified atom stereocenters. The fourth-order valence-corrected chi connectivity index (χ4v) is 7.08. The second-order valence-corrected chi connectivity index (χ2v) is 13.8. The first-order chi connectivity index (χ1) is 25.9. The van der Waals surface area contributed by atoms with E-state index in [-0.39, 0.29) is 30.2 Å². The molecule has 0 aromatic heterocycles. The lowest BCUT2D eigenvalue weighted by Gasteiger charge is -2.36. The maximum atomic E-state index is 15.0. The molecule has 0 saturated carbocycles. The van der Waals surface area contributed by atoms with Crippen LogP contribution < -0.4 is 14.8 Å². The van der Waals surface area contributed by atoms with Crippen molar-refractivity contribution in [1.82, 2.24) is 20.0 Å². The van der Waals surface area contributed by atoms with Gasteiger partial charge in [0.25, 0.3) is 5.91 Å². The molecule has 290 valence electrons. The van der Waals surface area contributed by atoms with Crippen LogP contribution in [0.15, 0.2) is 72.8 Å². The summed E-state index contributed by atoms with van der Waals surface area (Å²) in [5.41, 5.74) is 2.58. The third-order valence-corrected chi connectivity index (χ3v) is 10.1. The number of nitrogens with zero attached hydrogens (tertiary/aromatic N) is 3. The molecular weight excluding hydrogens is 688 g/mol. The Morgan fingerprint density at radius 2 is 1.54 bits per heavy atom. The SMILES string of the molecule is COc1ccc(CC2C(=O)N(CCCNC(=O)c3ccccc3)CCCCN(C(C)=O)CCCN(C(C)=O)C(C(C)C(=O)O)c3ccc(OC)c2c3)cc1. The van der Waals surface area contributed by atoms with Gasteiger partial charge >= 0.3 is 5.97 Å². The molecule has 2 bridgehead atoms. The molecule has 1 aliphatic heterocycles. The number of methoxy groups -OCH3 is 2. The number of hydrogen-bond acceptors (Lipinski definition) is 7. The minimum atomic E-state index is -1.07. The van der Waals surface area contributed by atoms with Crippen LogP contribution in [-0.4, -0.2) is 103 Å². The standard InChI is InChI=1S/C42H54N4O8/c1-29(42(51)52)39-34-17-20-38(54-5)36(28-34)37(27-32-15-18-35(53-4)19-16-32)41(50)45(24-11-21-43-40(49)33-13-7-6-8-14-33)23-10-9-22-44(30(2)47)25-12-26-46(39)31(3)48/h6-8,13-20,28-29,37,39H,9-12,21-27H2,1-5H3,(H,43,49)(H,51,52). The number of carboxylic acid groups (broad SMARTS) is 1. The number of amides is 4. The van der Waals surface area contributed by atoms with Gasteiger partial charge in [-0.15, -0.1) is 0 Å². The van der Waals surface area contributed by atoms with E-state index in [1.54, 1.807) is 60.2 Å². The molecule has 0 aliphatic carbocycles. The minimum absolute atomic E-state index is 0.0950. The summed E-state index contributed by atoms with van der Waals surface area (Å²) in [6, 6.07) is 20.9. The normalized spacial score (nSPS) is 17.7. The molecule has 54 heavy (non-hydrogen) atoms. The molecule has 0 saturated heterocycles. The average molecular weight is 743 g/mol. The van der Waals surface area contributed by atoms with Crippen molar-refractivity contribution in [2.24, 2.45) is 5.92 Å². The number of carbonyl (C=O) groups excluding carboxylic acids is 4. The van der Waals surface area contributed by atoms with Crippen molar-refractivity contribution in [2.45, 2.75) is 64.8 Å². The van der Waals surface area contributed by atoms with Crippen molar-refractivity contribution in [3.63, 3.8) is 0 Å². The Hall–Kier alpha value is -5.39. The summed E-state index contributed by atoms with van der Waals surface area (Å²) in [5.74, 6) is -2.40. The maximum absolute atomic E-state index is 15.0. The first-order valence-corrected chi connectivity index (χ1v) is 18.6. The smallest absolute Gasteiger partial charge is 0.308 e. The van der Waals surface area contributed by atoms with Gasteiger partial charge in [-0.1, -0.05) is 36.4 Å². The van der Waals surface area contributed by atoms with Crippen LogP contribution in [-0.2, 0) is 25.6 Å². The fraction of sp³-hybridized carbons (Fsp3) is 0.452. The lowest BCUT2D eigenvalue weighted by molar-refractivity contribution is -0.146. The van der Waals surface area contributed by atoms with Gasteiger partial charge in [-0.3, -0.25) is 24.0 Å². The van der Waals surface area contributed by atoms with Crippen LogP contribution in [0.4, 0.5) is 0 Å². The van der Waals surface area contributed by atoms with E-state index in [2.05, 4.69) is 5.32 Å². The fourth-order valence-electron chi connectivity index (χ4n) is 7.08. The molecule has 3 aromatic rings. The Bertz CT molecular complexity index is 1730. The van der Waals surface area contributed by atoms with Crippen molar-refractivity contribution in [2.75, 3.05) is 53.5 Å². The number of fused-ring (bicyclic) bond motifs is 2. The number of rotatable bonds is 11. The molecule has 4 amide bonds. The van der Waals surface area contributed by atoms with Gasteiger partial charge in [0.1, 0.15) is 11.5 Å². The summed E-state index contributed by atoms with van der Waals surface area (Å²) in [6.07, 6.45) is 2.55. The Morgan fingerprint density at radius 1 is 0.852 bits per heavy atom. The van der Waals surface area contributed by atoms with E-state index < -0.39 is 23.8 Å². The Morgan fingerprint density at radius 3 is 2.17 bits per heavy atom. The summed E-state index contributed by atoms with van der Waals surface area (Å²) in [5, 5.41) is 13.2. The summed E-state index contributed by atoms with van der Waals surface area (Å²) in [6.45, 7) is 6.76. The Kier molecular flexibility index (Phi) is 15.5. The lowest BCUT2D eigenvalue weighted by atomic mass is 9.85. The zero-order chi connectivity index (χ0) is 39.2. The van der Waals surface area contributed by atoms with Crippen LogP contribution in [0.2, 0.25) is 0 Å². The van der Waals surface area contributed by atoms with E-state index >= 15 is 0 Å². The van der Waals surface area contributed by atoms with E-state index in [9.17, 15) is 29.1 Å². The molecule has 0 fully saturated rings. The monoisotopic (exact) mass is 742 g/mol. The quantitative estimate of drug-likeness (QED) is 0.251. The topological polar surface area (TPSA) is 146 Å². The molecule has 2 N–H and O–H groups in total. The molecule has 3 aromatic carbocycles. The molecular formula is C42H54N4O8. The van der Waals surface area contributed by atoms with Crippen molar-refractivity contribution < 1.29 is 38.6 Å². The van der Waals surface area contributed by atoms with Gasteiger partial charge in [-0.2, -0.15) is 0 Å². The van der Waals surface area contributed by atoms with Gasteiger partial charge in [-0.05, 0) is 86.6 Å². The molecule has 1 aliphatic rings. The average Bonchev–Trinajstić information content (AvgIpc) is 3.17. The van der Waals surface area contributed by atoms with Crippen molar-refractivity contribution in [3.8, 4) is 11.5 Å². The van der Waals surface area contributed by atoms with Crippen LogP contribution in [0.1, 0.15) is 85.5 Å². The molecule has 4 rings (SSSR count). The molecule has 12 heteroatoms. The van der Waals surface area contributed by atoms with Crippen LogP contribution in [0.5, 0.6) is 11.5 Å². The van der Waals surface area contributed by atoms with E-state index in [1.165, 1.54) is 21.0 Å². The maximum Gasteiger partial charge on any atom is 0.308 e. The summed E-state index contributed by atoms with van der Waals surface area (Å²) >= 11 is 0. The van der Waals surface area contributed by atoms with Crippen molar-refractivity contribution >= 4 is 29.6 Å². The zero-order valence-corrected chi connectivity index (χ0v) is 32.1. The minimum Gasteiger partial charge on any atom is -0.497 e. The summed E-state index contributed by atoms with van der Waals surface area (Å²) < 4.78 is 11.2. The van der Waals surface area contributed by atoms with Gasteiger partial charge in [0, 0.05) is 64.2 Å². The van der Waals surface area contributed by atoms with Crippen LogP contribution in [0, 0.1) is 5.92 Å². The van der Waals surface area contributed by atoms with E-state index in [0.29, 0.717) is 93.0 Å². The van der Waals surface area contributed by atoms with Gasteiger partial charge in [0.05, 0.1) is 32.1 Å². The number of hydrogen-bond donors (Lipinski definition) is 2. The first kappa shape index (κ1) is 41.4. The van der Waals surface area contributed by atoms with Crippen LogP contribution in [0.25, 0.3) is 0 Å². The predicted octanol–water partition coefficient (Wildman–Crippen LogP) is 5.32. The Labute approximate surface area is 318 Å². The third-order valence-electron chi connectivity index (χ3n) is 10.1. The molecule has 3 atom stereocenters. The third kappa shape index (κ3) is 11.1. The number of aliphatic carboxylic acids is 1. The van der Waals surface area contributed by atoms with E-state index in [0.717, 1.165) is 5.56 Å². The van der Waals surface area contributed by atoms with Crippen LogP contribution >= 0.6 is 0 Å². The zero-order valence-electron chi connectivity index (χ0n) is 32.1. The highest BCUT2D eigenvalue weighted by Gasteiger charge is 2.35. The highest BCUT2D eigenvalue weighted by molar-refractivity contribution is 5.94. The highest BCUT2D eigenvalue weighted by Crippen LogP contribution is 2.38.